The second-order valence-electron chi connectivity index (χ2n) is 5.23. The topological polar surface area (TPSA) is 59.8 Å². The van der Waals surface area contributed by atoms with E-state index in [-0.39, 0.29) is 11.7 Å². The second-order valence-corrected chi connectivity index (χ2v) is 7.02. The summed E-state index contributed by atoms with van der Waals surface area (Å²) in [6.07, 6.45) is 1.64. The van der Waals surface area contributed by atoms with Crippen molar-refractivity contribution in [3.63, 3.8) is 0 Å². The number of amides is 1. The van der Waals surface area contributed by atoms with Crippen molar-refractivity contribution in [1.29, 1.82) is 0 Å². The minimum absolute atomic E-state index is 0.174. The van der Waals surface area contributed by atoms with Gasteiger partial charge in [0.2, 0.25) is 5.91 Å². The number of hydrogen-bond donors (Lipinski definition) is 1. The Balaban J connectivity index is 1.69. The van der Waals surface area contributed by atoms with Crippen molar-refractivity contribution in [2.75, 3.05) is 11.1 Å². The summed E-state index contributed by atoms with van der Waals surface area (Å²) in [6, 6.07) is 12.8. The van der Waals surface area contributed by atoms with Crippen molar-refractivity contribution >= 4 is 46.6 Å². The van der Waals surface area contributed by atoms with Crippen LogP contribution in [0.1, 0.15) is 5.56 Å². The van der Waals surface area contributed by atoms with Crippen molar-refractivity contribution in [1.82, 2.24) is 14.8 Å². The van der Waals surface area contributed by atoms with Crippen molar-refractivity contribution in [2.45, 2.75) is 12.1 Å². The van der Waals surface area contributed by atoms with E-state index >= 15 is 0 Å². The minimum Gasteiger partial charge on any atom is -0.324 e. The Kier molecular flexibility index (Phi) is 5.63. The van der Waals surface area contributed by atoms with E-state index in [2.05, 4.69) is 15.5 Å². The maximum atomic E-state index is 12.2. The lowest BCUT2D eigenvalue weighted by Crippen LogP contribution is -2.15. The zero-order valence-electron chi connectivity index (χ0n) is 13.2. The average molecular weight is 393 g/mol. The van der Waals surface area contributed by atoms with Crippen LogP contribution in [0.4, 0.5) is 5.69 Å². The van der Waals surface area contributed by atoms with Gasteiger partial charge in [-0.3, -0.25) is 9.36 Å². The Morgan fingerprint density at radius 1 is 1.24 bits per heavy atom. The van der Waals surface area contributed by atoms with Crippen LogP contribution in [-0.2, 0) is 4.79 Å². The Morgan fingerprint density at radius 2 is 2.04 bits per heavy atom. The molecule has 0 fully saturated rings. The molecule has 1 amide bonds. The van der Waals surface area contributed by atoms with Crippen LogP contribution < -0.4 is 5.32 Å². The summed E-state index contributed by atoms with van der Waals surface area (Å²) < 4.78 is 1.86. The Hall–Kier alpha value is -2.02. The molecule has 0 bridgehead atoms. The third kappa shape index (κ3) is 4.34. The molecule has 0 atom stereocenters. The highest BCUT2D eigenvalue weighted by molar-refractivity contribution is 7.99. The van der Waals surface area contributed by atoms with Gasteiger partial charge in [-0.05, 0) is 36.8 Å². The molecule has 128 valence electrons. The molecule has 8 heteroatoms. The molecule has 0 spiro atoms. The fourth-order valence-corrected chi connectivity index (χ4v) is 3.29. The number of para-hydroxylation sites is 1. The van der Waals surface area contributed by atoms with Crippen LogP contribution >= 0.6 is 35.0 Å². The van der Waals surface area contributed by atoms with Crippen molar-refractivity contribution in [3.8, 4) is 5.69 Å². The third-order valence-corrected chi connectivity index (χ3v) is 4.93. The van der Waals surface area contributed by atoms with Gasteiger partial charge in [-0.25, -0.2) is 0 Å². The molecule has 0 aliphatic heterocycles. The first-order valence-corrected chi connectivity index (χ1v) is 9.12. The highest BCUT2D eigenvalue weighted by atomic mass is 35.5. The summed E-state index contributed by atoms with van der Waals surface area (Å²) in [6.45, 7) is 2.01. The number of anilines is 1. The van der Waals surface area contributed by atoms with E-state index in [0.717, 1.165) is 11.3 Å². The summed E-state index contributed by atoms with van der Waals surface area (Å²) >= 11 is 13.3. The first kappa shape index (κ1) is 17.8. The predicted molar refractivity (Wildman–Crippen MR) is 102 cm³/mol. The van der Waals surface area contributed by atoms with Crippen LogP contribution in [0.5, 0.6) is 0 Å². The number of carbonyl (C=O) groups is 1. The first-order chi connectivity index (χ1) is 12.0. The summed E-state index contributed by atoms with van der Waals surface area (Å²) in [5.74, 6) is -0.0264. The van der Waals surface area contributed by atoms with E-state index in [1.807, 2.05) is 35.8 Å². The third-order valence-electron chi connectivity index (χ3n) is 3.43. The van der Waals surface area contributed by atoms with Gasteiger partial charge in [0, 0.05) is 5.02 Å². The molecule has 3 rings (SSSR count). The highest BCUT2D eigenvalue weighted by Crippen LogP contribution is 2.26. The number of hydrogen-bond acceptors (Lipinski definition) is 4. The number of nitrogens with zero attached hydrogens (tertiary/aromatic N) is 3. The summed E-state index contributed by atoms with van der Waals surface area (Å²) in [5.41, 5.74) is 2.56. The Labute approximate surface area is 159 Å². The summed E-state index contributed by atoms with van der Waals surface area (Å²) in [5, 5.41) is 12.4. The van der Waals surface area contributed by atoms with Crippen molar-refractivity contribution in [2.24, 2.45) is 0 Å². The molecule has 1 heterocycles. The largest absolute Gasteiger partial charge is 0.324 e. The molecule has 3 aromatic rings. The van der Waals surface area contributed by atoms with Crippen LogP contribution in [0.3, 0.4) is 0 Å². The number of rotatable bonds is 5. The maximum absolute atomic E-state index is 12.2. The smallest absolute Gasteiger partial charge is 0.234 e. The van der Waals surface area contributed by atoms with Gasteiger partial charge < -0.3 is 5.32 Å². The lowest BCUT2D eigenvalue weighted by Gasteiger charge is -2.10. The fraction of sp³-hybridized carbons (Fsp3) is 0.118. The van der Waals surface area contributed by atoms with Crippen LogP contribution in [0.15, 0.2) is 53.9 Å². The van der Waals surface area contributed by atoms with Gasteiger partial charge in [0.15, 0.2) is 5.16 Å². The monoisotopic (exact) mass is 392 g/mol. The maximum Gasteiger partial charge on any atom is 0.234 e. The number of halogens is 2. The quantitative estimate of drug-likeness (QED) is 0.643. The van der Waals surface area contributed by atoms with Gasteiger partial charge in [0.25, 0.3) is 0 Å². The first-order valence-electron chi connectivity index (χ1n) is 7.38. The second kappa shape index (κ2) is 7.91. The lowest BCUT2D eigenvalue weighted by atomic mass is 10.2. The molecule has 0 unspecified atom stereocenters. The van der Waals surface area contributed by atoms with Crippen LogP contribution in [0.2, 0.25) is 10.0 Å². The SMILES string of the molecule is Cc1ccccc1-n1cnnc1SCC(=O)Nc1cc(Cl)ccc1Cl. The molecular formula is C17H14Cl2N4OS. The van der Waals surface area contributed by atoms with Gasteiger partial charge in [-0.2, -0.15) is 0 Å². The van der Waals surface area contributed by atoms with Crippen molar-refractivity contribution < 1.29 is 4.79 Å². The molecule has 1 N–H and O–H groups in total. The molecule has 0 saturated carbocycles. The predicted octanol–water partition coefficient (Wildman–Crippen LogP) is 4.61. The van der Waals surface area contributed by atoms with Crippen LogP contribution in [0.25, 0.3) is 5.69 Å². The van der Waals surface area contributed by atoms with E-state index in [1.165, 1.54) is 11.8 Å². The average Bonchev–Trinajstić information content (AvgIpc) is 3.05. The lowest BCUT2D eigenvalue weighted by molar-refractivity contribution is -0.113. The van der Waals surface area contributed by atoms with Gasteiger partial charge in [-0.1, -0.05) is 53.2 Å². The van der Waals surface area contributed by atoms with E-state index in [0.29, 0.717) is 20.9 Å². The number of thioether (sulfide) groups is 1. The normalized spacial score (nSPS) is 10.7. The Morgan fingerprint density at radius 3 is 2.84 bits per heavy atom. The summed E-state index contributed by atoms with van der Waals surface area (Å²) in [7, 11) is 0. The number of benzene rings is 2. The van der Waals surface area contributed by atoms with E-state index in [9.17, 15) is 4.79 Å². The molecule has 2 aromatic carbocycles. The van der Waals surface area contributed by atoms with Crippen LogP contribution in [0, 0.1) is 6.92 Å². The molecule has 25 heavy (non-hydrogen) atoms. The van der Waals surface area contributed by atoms with E-state index < -0.39 is 0 Å². The molecule has 5 nitrogen and oxygen atoms in total. The fourth-order valence-electron chi connectivity index (χ4n) is 2.23. The van der Waals surface area contributed by atoms with Gasteiger partial charge in [0.1, 0.15) is 6.33 Å². The Bertz CT molecular complexity index is 913. The molecule has 1 aromatic heterocycles. The number of carbonyl (C=O) groups excluding carboxylic acids is 1. The molecule has 0 aliphatic carbocycles. The summed E-state index contributed by atoms with van der Waals surface area (Å²) in [4.78, 5) is 12.2. The van der Waals surface area contributed by atoms with Crippen molar-refractivity contribution in [3.05, 3.63) is 64.4 Å². The van der Waals surface area contributed by atoms with Gasteiger partial charge >= 0.3 is 0 Å². The van der Waals surface area contributed by atoms with Crippen LogP contribution in [-0.4, -0.2) is 26.4 Å². The van der Waals surface area contributed by atoms with Gasteiger partial charge in [0.05, 0.1) is 22.2 Å². The zero-order chi connectivity index (χ0) is 17.8. The number of aromatic nitrogens is 3. The number of aryl methyl sites for hydroxylation is 1. The van der Waals surface area contributed by atoms with E-state index in [4.69, 9.17) is 23.2 Å². The molecular weight excluding hydrogens is 379 g/mol. The zero-order valence-corrected chi connectivity index (χ0v) is 15.6. The minimum atomic E-state index is -0.200. The molecule has 0 aliphatic rings. The molecule has 0 saturated heterocycles. The van der Waals surface area contributed by atoms with Gasteiger partial charge in [-0.15, -0.1) is 10.2 Å². The highest BCUT2D eigenvalue weighted by Gasteiger charge is 2.12. The van der Waals surface area contributed by atoms with E-state index in [1.54, 1.807) is 24.5 Å². The molecule has 0 radical (unpaired) electrons. The standard InChI is InChI=1S/C17H14Cl2N4OS/c1-11-4-2-3-5-15(11)23-10-20-22-17(23)25-9-16(24)21-14-8-12(18)6-7-13(14)19/h2-8,10H,9H2,1H3,(H,21,24). The number of nitrogens with one attached hydrogen (secondary N) is 1.